The smallest absolute Gasteiger partial charge is 0.164 e. The second kappa shape index (κ2) is 10.8. The van der Waals surface area contributed by atoms with E-state index >= 15 is 0 Å². The predicted molar refractivity (Wildman–Crippen MR) is 189 cm³/mol. The van der Waals surface area contributed by atoms with Gasteiger partial charge in [-0.1, -0.05) is 164 Å². The second-order valence-electron chi connectivity index (χ2n) is 11.6. The molecular weight excluding hydrogens is 558 g/mol. The lowest BCUT2D eigenvalue weighted by molar-refractivity contribution is 1.07. The topological polar surface area (TPSA) is 38.7 Å². The normalized spacial score (nSPS) is 11.5. The van der Waals surface area contributed by atoms with Crippen LogP contribution in [0.2, 0.25) is 0 Å². The van der Waals surface area contributed by atoms with E-state index in [0.717, 1.165) is 22.3 Å². The molecule has 3 nitrogen and oxygen atoms in total. The van der Waals surface area contributed by atoms with Crippen molar-refractivity contribution in [1.82, 2.24) is 15.0 Å². The second-order valence-corrected chi connectivity index (χ2v) is 11.6. The Balaban J connectivity index is 1.19. The van der Waals surface area contributed by atoms with Gasteiger partial charge in [0.2, 0.25) is 0 Å². The molecule has 1 heterocycles. The van der Waals surface area contributed by atoms with Crippen molar-refractivity contribution in [3.05, 3.63) is 164 Å². The van der Waals surface area contributed by atoms with Gasteiger partial charge in [0.05, 0.1) is 0 Å². The number of aromatic nitrogens is 3. The molecule has 1 aliphatic carbocycles. The Kier molecular flexibility index (Phi) is 6.14. The first kappa shape index (κ1) is 26.2. The molecule has 0 bridgehead atoms. The molecule has 0 saturated carbocycles. The third kappa shape index (κ3) is 4.33. The maximum absolute atomic E-state index is 4.92. The highest BCUT2D eigenvalue weighted by atomic mass is 15.0. The predicted octanol–water partition coefficient (Wildman–Crippen LogP) is 11.0. The van der Waals surface area contributed by atoms with Crippen molar-refractivity contribution in [2.24, 2.45) is 0 Å². The Bertz CT molecular complexity index is 2290. The van der Waals surface area contributed by atoms with Gasteiger partial charge in [0.15, 0.2) is 17.5 Å². The molecule has 8 aromatic rings. The zero-order valence-corrected chi connectivity index (χ0v) is 24.9. The standard InChI is InChI=1S/C43H27N3/c1-3-12-29(13-4-1)41-44-42(30-14-5-2-6-15-30)46-43(45-41)31-24-22-28(23-25-31)32-26-27-39-36-19-10-8-17-34(36)33-16-7-9-18-35(33)38-21-11-20-37(32)40(38)39/h1-27H. The summed E-state index contributed by atoms with van der Waals surface area (Å²) >= 11 is 0. The van der Waals surface area contributed by atoms with Crippen LogP contribution in [0.3, 0.4) is 0 Å². The van der Waals surface area contributed by atoms with Gasteiger partial charge in [-0.3, -0.25) is 0 Å². The summed E-state index contributed by atoms with van der Waals surface area (Å²) in [6.45, 7) is 0. The van der Waals surface area contributed by atoms with Gasteiger partial charge in [0.25, 0.3) is 0 Å². The van der Waals surface area contributed by atoms with E-state index < -0.39 is 0 Å². The van der Waals surface area contributed by atoms with E-state index in [1.807, 2.05) is 60.7 Å². The number of benzene rings is 7. The average Bonchev–Trinajstić information content (AvgIpc) is 3.26. The highest BCUT2D eigenvalue weighted by molar-refractivity contribution is 6.16. The van der Waals surface area contributed by atoms with E-state index in [1.165, 1.54) is 49.7 Å². The highest BCUT2D eigenvalue weighted by Crippen LogP contribution is 2.49. The molecule has 7 aromatic carbocycles. The summed E-state index contributed by atoms with van der Waals surface area (Å²) in [6, 6.07) is 57.6. The molecule has 0 atom stereocenters. The Labute approximate surface area is 267 Å². The van der Waals surface area contributed by atoms with E-state index in [4.69, 9.17) is 15.0 Å². The largest absolute Gasteiger partial charge is 0.208 e. The zero-order chi connectivity index (χ0) is 30.5. The molecule has 0 N–H and O–H groups in total. The van der Waals surface area contributed by atoms with Crippen molar-refractivity contribution in [2.45, 2.75) is 0 Å². The summed E-state index contributed by atoms with van der Waals surface area (Å²) in [5, 5.41) is 2.53. The quantitative estimate of drug-likeness (QED) is 0.206. The van der Waals surface area contributed by atoms with Crippen LogP contribution in [0.15, 0.2) is 164 Å². The fourth-order valence-electron chi connectivity index (χ4n) is 6.75. The maximum atomic E-state index is 4.92. The molecule has 46 heavy (non-hydrogen) atoms. The zero-order valence-electron chi connectivity index (χ0n) is 24.9. The van der Waals surface area contributed by atoms with Gasteiger partial charge in [-0.2, -0.15) is 0 Å². The van der Waals surface area contributed by atoms with E-state index in [2.05, 4.69) is 103 Å². The minimum Gasteiger partial charge on any atom is -0.208 e. The summed E-state index contributed by atoms with van der Waals surface area (Å²) in [7, 11) is 0. The minimum absolute atomic E-state index is 0.654. The number of hydrogen-bond acceptors (Lipinski definition) is 3. The lowest BCUT2D eigenvalue weighted by atomic mass is 9.89. The van der Waals surface area contributed by atoms with E-state index in [0.29, 0.717) is 17.5 Å². The molecule has 0 aliphatic heterocycles. The van der Waals surface area contributed by atoms with Crippen molar-refractivity contribution in [1.29, 1.82) is 0 Å². The van der Waals surface area contributed by atoms with Crippen molar-refractivity contribution in [3.63, 3.8) is 0 Å². The molecule has 1 aliphatic rings. The minimum atomic E-state index is 0.654. The van der Waals surface area contributed by atoms with Crippen molar-refractivity contribution >= 4 is 10.8 Å². The molecule has 0 unspecified atom stereocenters. The van der Waals surface area contributed by atoms with Crippen molar-refractivity contribution in [2.75, 3.05) is 0 Å². The van der Waals surface area contributed by atoms with Crippen molar-refractivity contribution < 1.29 is 0 Å². The van der Waals surface area contributed by atoms with Gasteiger partial charge in [-0.25, -0.2) is 15.0 Å². The average molecular weight is 586 g/mol. The molecule has 3 heteroatoms. The van der Waals surface area contributed by atoms with Crippen LogP contribution in [0.5, 0.6) is 0 Å². The Morgan fingerprint density at radius 2 is 0.609 bits per heavy atom. The highest BCUT2D eigenvalue weighted by Gasteiger charge is 2.22. The fraction of sp³-hybridized carbons (Fsp3) is 0. The van der Waals surface area contributed by atoms with Gasteiger partial charge in [0.1, 0.15) is 0 Å². The van der Waals surface area contributed by atoms with Gasteiger partial charge >= 0.3 is 0 Å². The van der Waals surface area contributed by atoms with Gasteiger partial charge in [-0.15, -0.1) is 0 Å². The first-order valence-electron chi connectivity index (χ1n) is 15.5. The van der Waals surface area contributed by atoms with Crippen LogP contribution in [-0.4, -0.2) is 15.0 Å². The molecule has 1 aromatic heterocycles. The summed E-state index contributed by atoms with van der Waals surface area (Å²) in [5.74, 6) is 1.98. The van der Waals surface area contributed by atoms with E-state index in [9.17, 15) is 0 Å². The number of rotatable bonds is 4. The summed E-state index contributed by atoms with van der Waals surface area (Å²) in [5.41, 5.74) is 12.8. The molecule has 0 fully saturated rings. The first-order chi connectivity index (χ1) is 22.8. The van der Waals surface area contributed by atoms with Crippen LogP contribution in [0, 0.1) is 0 Å². The molecule has 9 rings (SSSR count). The van der Waals surface area contributed by atoms with Crippen LogP contribution < -0.4 is 0 Å². The molecule has 0 radical (unpaired) electrons. The SMILES string of the molecule is c1ccc(-c2nc(-c3ccccc3)nc(-c3ccc(-c4ccc5c6c(cccc46)-c4ccccc4-c4ccccc4-5)cc3)n2)cc1. The van der Waals surface area contributed by atoms with Crippen LogP contribution >= 0.6 is 0 Å². The summed E-state index contributed by atoms with van der Waals surface area (Å²) < 4.78 is 0. The summed E-state index contributed by atoms with van der Waals surface area (Å²) in [4.78, 5) is 14.7. The molecule has 0 spiro atoms. The molecule has 0 amide bonds. The maximum Gasteiger partial charge on any atom is 0.164 e. The molecular formula is C43H27N3. The van der Waals surface area contributed by atoms with Crippen LogP contribution in [0.4, 0.5) is 0 Å². The van der Waals surface area contributed by atoms with E-state index in [-0.39, 0.29) is 0 Å². The van der Waals surface area contributed by atoms with Gasteiger partial charge in [0, 0.05) is 16.7 Å². The van der Waals surface area contributed by atoms with Crippen LogP contribution in [-0.2, 0) is 0 Å². The first-order valence-corrected chi connectivity index (χ1v) is 15.5. The fourth-order valence-corrected chi connectivity index (χ4v) is 6.75. The van der Waals surface area contributed by atoms with Gasteiger partial charge < -0.3 is 0 Å². The van der Waals surface area contributed by atoms with Crippen LogP contribution in [0.1, 0.15) is 0 Å². The Morgan fingerprint density at radius 1 is 0.239 bits per heavy atom. The van der Waals surface area contributed by atoms with Crippen molar-refractivity contribution in [3.8, 4) is 78.7 Å². The Morgan fingerprint density at radius 3 is 1.13 bits per heavy atom. The summed E-state index contributed by atoms with van der Waals surface area (Å²) in [6.07, 6.45) is 0. The number of nitrogens with zero attached hydrogens (tertiary/aromatic N) is 3. The van der Waals surface area contributed by atoms with Crippen LogP contribution in [0.25, 0.3) is 89.4 Å². The number of hydrogen-bond donors (Lipinski definition) is 0. The lowest BCUT2D eigenvalue weighted by Crippen LogP contribution is -2.00. The third-order valence-corrected chi connectivity index (χ3v) is 8.92. The Hall–Kier alpha value is -6.19. The molecule has 214 valence electrons. The van der Waals surface area contributed by atoms with E-state index in [1.54, 1.807) is 0 Å². The lowest BCUT2D eigenvalue weighted by Gasteiger charge is -2.15. The third-order valence-electron chi connectivity index (χ3n) is 8.92. The van der Waals surface area contributed by atoms with Gasteiger partial charge in [-0.05, 0) is 55.3 Å². The molecule has 0 saturated heterocycles. The monoisotopic (exact) mass is 585 g/mol. The number of fused-ring (bicyclic) bond motifs is 5.